The van der Waals surface area contributed by atoms with E-state index in [0.717, 1.165) is 5.56 Å². The molecule has 0 aliphatic heterocycles. The molecule has 2 aromatic carbocycles. The van der Waals surface area contributed by atoms with Gasteiger partial charge in [-0.2, -0.15) is 5.26 Å². The molecule has 0 fully saturated rings. The highest BCUT2D eigenvalue weighted by atomic mass is 16.4. The summed E-state index contributed by atoms with van der Waals surface area (Å²) in [5, 5.41) is 18.1. The third-order valence-electron chi connectivity index (χ3n) is 2.71. The molecule has 0 aliphatic rings. The van der Waals surface area contributed by atoms with Crippen LogP contribution in [0.15, 0.2) is 48.5 Å². The van der Waals surface area contributed by atoms with Gasteiger partial charge in [0.25, 0.3) is 0 Å². The Bertz CT molecular complexity index is 681. The fourth-order valence-corrected chi connectivity index (χ4v) is 1.76. The Kier molecular flexibility index (Phi) is 3.75. The first-order valence-corrected chi connectivity index (χ1v) is 5.72. The summed E-state index contributed by atoms with van der Waals surface area (Å²) in [6.07, 6.45) is 3.46. The Hall–Kier alpha value is -2.86. The van der Waals surface area contributed by atoms with E-state index in [0.29, 0.717) is 11.1 Å². The molecule has 1 N–H and O–H groups in total. The molecule has 0 saturated carbocycles. The lowest BCUT2D eigenvalue weighted by Gasteiger charge is -2.01. The molecule has 0 aromatic heterocycles. The Morgan fingerprint density at radius 2 is 1.58 bits per heavy atom. The Balaban J connectivity index is 2.39. The van der Waals surface area contributed by atoms with Crippen LogP contribution in [0.5, 0.6) is 0 Å². The average Bonchev–Trinajstić information content (AvgIpc) is 2.45. The van der Waals surface area contributed by atoms with Crippen molar-refractivity contribution in [3.05, 3.63) is 70.8 Å². The van der Waals surface area contributed by atoms with Crippen LogP contribution in [-0.2, 0) is 0 Å². The maximum absolute atomic E-state index is 11.1. The van der Waals surface area contributed by atoms with Crippen molar-refractivity contribution < 1.29 is 9.90 Å². The summed E-state index contributed by atoms with van der Waals surface area (Å²) in [6.45, 7) is 0. The van der Waals surface area contributed by atoms with E-state index in [1.54, 1.807) is 48.6 Å². The van der Waals surface area contributed by atoms with Gasteiger partial charge in [-0.25, -0.2) is 4.79 Å². The molecule has 0 aliphatic carbocycles. The first-order valence-electron chi connectivity index (χ1n) is 5.72. The van der Waals surface area contributed by atoms with Crippen LogP contribution in [0.1, 0.15) is 27.0 Å². The lowest BCUT2D eigenvalue weighted by atomic mass is 10.0. The van der Waals surface area contributed by atoms with Gasteiger partial charge in [0.15, 0.2) is 0 Å². The second-order valence-electron chi connectivity index (χ2n) is 3.92. The van der Waals surface area contributed by atoms with Crippen LogP contribution in [-0.4, -0.2) is 11.1 Å². The van der Waals surface area contributed by atoms with E-state index in [2.05, 4.69) is 6.07 Å². The molecule has 0 saturated heterocycles. The van der Waals surface area contributed by atoms with Crippen molar-refractivity contribution in [3.8, 4) is 6.07 Å². The highest BCUT2D eigenvalue weighted by Crippen LogP contribution is 2.15. The third-order valence-corrected chi connectivity index (χ3v) is 2.71. The summed E-state index contributed by atoms with van der Waals surface area (Å²) in [5.74, 6) is -0.964. The van der Waals surface area contributed by atoms with Crippen molar-refractivity contribution in [2.75, 3.05) is 0 Å². The fraction of sp³-hybridized carbons (Fsp3) is 0. The van der Waals surface area contributed by atoms with Crippen LogP contribution in [0.4, 0.5) is 0 Å². The Labute approximate surface area is 111 Å². The molecule has 0 amide bonds. The van der Waals surface area contributed by atoms with Gasteiger partial charge < -0.3 is 5.11 Å². The monoisotopic (exact) mass is 249 g/mol. The first kappa shape index (κ1) is 12.6. The van der Waals surface area contributed by atoms with Gasteiger partial charge in [-0.15, -0.1) is 0 Å². The van der Waals surface area contributed by atoms with Crippen LogP contribution in [0.25, 0.3) is 12.2 Å². The summed E-state index contributed by atoms with van der Waals surface area (Å²) in [4.78, 5) is 11.1. The molecule has 2 rings (SSSR count). The first-order chi connectivity index (χ1) is 9.22. The Morgan fingerprint density at radius 1 is 1.00 bits per heavy atom. The molecule has 0 radical (unpaired) electrons. The molecule has 2 aromatic rings. The standard InChI is InChI=1S/C16H11NO2/c17-11-14-7-2-1-5-12(14)9-10-13-6-3-4-8-15(13)16(18)19/h1-10H,(H,18,19)/b10-9+. The quantitative estimate of drug-likeness (QED) is 0.848. The predicted octanol–water partition coefficient (Wildman–Crippen LogP) is 3.43. The largest absolute Gasteiger partial charge is 0.478 e. The summed E-state index contributed by atoms with van der Waals surface area (Å²) >= 11 is 0. The molecule has 0 atom stereocenters. The van der Waals surface area contributed by atoms with Gasteiger partial charge in [0.2, 0.25) is 0 Å². The summed E-state index contributed by atoms with van der Waals surface area (Å²) < 4.78 is 0. The predicted molar refractivity (Wildman–Crippen MR) is 73.5 cm³/mol. The minimum atomic E-state index is -0.964. The molecule has 0 bridgehead atoms. The molecular formula is C16H11NO2. The number of nitriles is 1. The van der Waals surface area contributed by atoms with Crippen molar-refractivity contribution >= 4 is 18.1 Å². The van der Waals surface area contributed by atoms with Crippen LogP contribution < -0.4 is 0 Å². The number of carboxylic acid groups (broad SMARTS) is 1. The van der Waals surface area contributed by atoms with E-state index >= 15 is 0 Å². The van der Waals surface area contributed by atoms with Crippen molar-refractivity contribution in [2.45, 2.75) is 0 Å². The van der Waals surface area contributed by atoms with Crippen molar-refractivity contribution in [1.29, 1.82) is 5.26 Å². The van der Waals surface area contributed by atoms with Gasteiger partial charge in [-0.1, -0.05) is 48.6 Å². The second-order valence-corrected chi connectivity index (χ2v) is 3.92. The molecule has 0 unspecified atom stereocenters. The molecule has 0 heterocycles. The zero-order chi connectivity index (χ0) is 13.7. The summed E-state index contributed by atoms with van der Waals surface area (Å²) in [5.41, 5.74) is 2.19. The number of carbonyl (C=O) groups is 1. The normalized spacial score (nSPS) is 10.3. The van der Waals surface area contributed by atoms with Crippen LogP contribution in [0, 0.1) is 11.3 Å². The molecule has 92 valence electrons. The van der Waals surface area contributed by atoms with Crippen molar-refractivity contribution in [2.24, 2.45) is 0 Å². The number of aromatic carboxylic acids is 1. The van der Waals surface area contributed by atoms with E-state index in [1.807, 2.05) is 12.1 Å². The SMILES string of the molecule is N#Cc1ccccc1/C=C/c1ccccc1C(=O)O. The van der Waals surface area contributed by atoms with Gasteiger partial charge in [0.05, 0.1) is 17.2 Å². The van der Waals surface area contributed by atoms with E-state index < -0.39 is 5.97 Å². The number of benzene rings is 2. The van der Waals surface area contributed by atoms with E-state index in [-0.39, 0.29) is 5.56 Å². The smallest absolute Gasteiger partial charge is 0.336 e. The van der Waals surface area contributed by atoms with Gasteiger partial charge in [0, 0.05) is 0 Å². The maximum Gasteiger partial charge on any atom is 0.336 e. The zero-order valence-electron chi connectivity index (χ0n) is 10.1. The fourth-order valence-electron chi connectivity index (χ4n) is 1.76. The third kappa shape index (κ3) is 2.88. The zero-order valence-corrected chi connectivity index (χ0v) is 10.1. The summed E-state index contributed by atoms with van der Waals surface area (Å²) in [7, 11) is 0. The average molecular weight is 249 g/mol. The Morgan fingerprint density at radius 3 is 2.26 bits per heavy atom. The van der Waals surface area contributed by atoms with Crippen LogP contribution in [0.3, 0.4) is 0 Å². The van der Waals surface area contributed by atoms with Gasteiger partial charge in [-0.3, -0.25) is 0 Å². The lowest BCUT2D eigenvalue weighted by molar-refractivity contribution is 0.0696. The molecule has 3 nitrogen and oxygen atoms in total. The molecule has 3 heteroatoms. The number of hydrogen-bond donors (Lipinski definition) is 1. The van der Waals surface area contributed by atoms with E-state index in [1.165, 1.54) is 0 Å². The maximum atomic E-state index is 11.1. The van der Waals surface area contributed by atoms with E-state index in [4.69, 9.17) is 10.4 Å². The lowest BCUT2D eigenvalue weighted by Crippen LogP contribution is -1.98. The van der Waals surface area contributed by atoms with Crippen molar-refractivity contribution in [1.82, 2.24) is 0 Å². The van der Waals surface area contributed by atoms with Crippen molar-refractivity contribution in [3.63, 3.8) is 0 Å². The number of rotatable bonds is 3. The minimum Gasteiger partial charge on any atom is -0.478 e. The number of carboxylic acids is 1. The van der Waals surface area contributed by atoms with E-state index in [9.17, 15) is 4.79 Å². The van der Waals surface area contributed by atoms with Gasteiger partial charge in [-0.05, 0) is 23.3 Å². The molecule has 0 spiro atoms. The number of hydrogen-bond acceptors (Lipinski definition) is 2. The minimum absolute atomic E-state index is 0.244. The topological polar surface area (TPSA) is 61.1 Å². The van der Waals surface area contributed by atoms with Gasteiger partial charge in [0.1, 0.15) is 0 Å². The van der Waals surface area contributed by atoms with Crippen LogP contribution in [0.2, 0.25) is 0 Å². The molecular weight excluding hydrogens is 238 g/mol. The highest BCUT2D eigenvalue weighted by Gasteiger charge is 2.06. The molecule has 19 heavy (non-hydrogen) atoms. The summed E-state index contributed by atoms with van der Waals surface area (Å²) in [6, 6.07) is 16.0. The number of nitrogens with zero attached hydrogens (tertiary/aromatic N) is 1. The second kappa shape index (κ2) is 5.65. The van der Waals surface area contributed by atoms with Crippen LogP contribution >= 0.6 is 0 Å². The van der Waals surface area contributed by atoms with Gasteiger partial charge >= 0.3 is 5.97 Å². The highest BCUT2D eigenvalue weighted by molar-refractivity contribution is 5.93.